The number of fused-ring (bicyclic) bond motifs is 1. The van der Waals surface area contributed by atoms with E-state index in [2.05, 4.69) is 64.8 Å². The average molecular weight is 344 g/mol. The molecule has 5 nitrogen and oxygen atoms in total. The van der Waals surface area contributed by atoms with Gasteiger partial charge in [-0.05, 0) is 30.5 Å². The zero-order valence-electron chi connectivity index (χ0n) is 14.9. The van der Waals surface area contributed by atoms with E-state index in [1.807, 2.05) is 12.1 Å². The van der Waals surface area contributed by atoms with Gasteiger partial charge in [-0.25, -0.2) is 4.98 Å². The van der Waals surface area contributed by atoms with Crippen molar-refractivity contribution in [3.05, 3.63) is 71.6 Å². The number of pyridine rings is 1. The number of hydrogen-bond acceptors (Lipinski definition) is 5. The molecule has 0 atom stereocenters. The van der Waals surface area contributed by atoms with Crippen LogP contribution in [0.25, 0.3) is 22.3 Å². The van der Waals surface area contributed by atoms with Gasteiger partial charge in [0.05, 0.1) is 11.1 Å². The average Bonchev–Trinajstić information content (AvgIpc) is 3.09. The molecule has 0 aliphatic heterocycles. The lowest BCUT2D eigenvalue weighted by molar-refractivity contribution is 0.394. The molecule has 0 fully saturated rings. The summed E-state index contributed by atoms with van der Waals surface area (Å²) < 4.78 is 5.17. The van der Waals surface area contributed by atoms with Crippen LogP contribution in [0.4, 0.5) is 5.82 Å². The molecule has 1 N–H and O–H groups in total. The number of hydrogen-bond donors (Lipinski definition) is 1. The first-order valence-electron chi connectivity index (χ1n) is 8.69. The molecule has 0 aliphatic carbocycles. The van der Waals surface area contributed by atoms with Crippen LogP contribution in [0.5, 0.6) is 0 Å². The van der Waals surface area contributed by atoms with Crippen molar-refractivity contribution in [2.24, 2.45) is 0 Å². The molecular formula is C21H20N4O. The smallest absolute Gasteiger partial charge is 0.223 e. The molecule has 0 saturated carbocycles. The molecule has 2 aromatic carbocycles. The second-order valence-corrected chi connectivity index (χ2v) is 6.33. The summed E-state index contributed by atoms with van der Waals surface area (Å²) in [4.78, 5) is 9.24. The number of anilines is 1. The summed E-state index contributed by atoms with van der Waals surface area (Å²) in [6.07, 6.45) is 0.916. The summed E-state index contributed by atoms with van der Waals surface area (Å²) in [5.74, 6) is 1.88. The maximum atomic E-state index is 5.17. The largest absolute Gasteiger partial charge is 0.369 e. The standard InChI is InChI=1S/C21H20N4O/c1-14-7-6-10-17-13-18(21-23-15(2)26-25-21)20(24-19(14)17)22-12-11-16-8-4-3-5-9-16/h3-10,13H,11-12H2,1-2H3,(H,22,24). The van der Waals surface area contributed by atoms with Crippen molar-refractivity contribution in [2.45, 2.75) is 20.3 Å². The molecule has 26 heavy (non-hydrogen) atoms. The molecule has 0 unspecified atom stereocenters. The highest BCUT2D eigenvalue weighted by molar-refractivity contribution is 5.89. The van der Waals surface area contributed by atoms with Crippen molar-refractivity contribution >= 4 is 16.7 Å². The van der Waals surface area contributed by atoms with E-state index in [1.54, 1.807) is 6.92 Å². The Morgan fingerprint density at radius 3 is 2.58 bits per heavy atom. The number of aryl methyl sites for hydroxylation is 2. The molecule has 2 aromatic heterocycles. The van der Waals surface area contributed by atoms with Crippen LogP contribution in [0.2, 0.25) is 0 Å². The molecule has 4 rings (SSSR count). The van der Waals surface area contributed by atoms with Gasteiger partial charge in [0.1, 0.15) is 5.82 Å². The van der Waals surface area contributed by atoms with Gasteiger partial charge in [-0.3, -0.25) is 0 Å². The second kappa shape index (κ2) is 6.96. The van der Waals surface area contributed by atoms with E-state index < -0.39 is 0 Å². The highest BCUT2D eigenvalue weighted by Gasteiger charge is 2.14. The van der Waals surface area contributed by atoms with Gasteiger partial charge in [-0.2, -0.15) is 4.98 Å². The van der Waals surface area contributed by atoms with Crippen LogP contribution in [0, 0.1) is 13.8 Å². The van der Waals surface area contributed by atoms with E-state index in [9.17, 15) is 0 Å². The molecule has 4 aromatic rings. The maximum absolute atomic E-state index is 5.17. The van der Waals surface area contributed by atoms with Crippen LogP contribution in [0.1, 0.15) is 17.0 Å². The normalized spacial score (nSPS) is 11.0. The van der Waals surface area contributed by atoms with Crippen LogP contribution < -0.4 is 5.32 Å². The highest BCUT2D eigenvalue weighted by atomic mass is 16.5. The molecule has 0 radical (unpaired) electrons. The summed E-state index contributed by atoms with van der Waals surface area (Å²) in [5, 5.41) is 8.60. The maximum Gasteiger partial charge on any atom is 0.223 e. The first kappa shape index (κ1) is 16.3. The first-order valence-corrected chi connectivity index (χ1v) is 8.69. The Bertz CT molecular complexity index is 1040. The quantitative estimate of drug-likeness (QED) is 0.575. The summed E-state index contributed by atoms with van der Waals surface area (Å²) in [6, 6.07) is 18.6. The monoisotopic (exact) mass is 344 g/mol. The van der Waals surface area contributed by atoms with E-state index in [1.165, 1.54) is 5.56 Å². The Kier molecular flexibility index (Phi) is 4.35. The summed E-state index contributed by atoms with van der Waals surface area (Å²) in [7, 11) is 0. The minimum atomic E-state index is 0.541. The fourth-order valence-electron chi connectivity index (χ4n) is 3.03. The van der Waals surface area contributed by atoms with Gasteiger partial charge in [-0.15, -0.1) is 0 Å². The molecule has 0 spiro atoms. The topological polar surface area (TPSA) is 63.8 Å². The molecule has 2 heterocycles. The van der Waals surface area contributed by atoms with Gasteiger partial charge >= 0.3 is 0 Å². The molecule has 0 amide bonds. The molecule has 5 heteroatoms. The first-order chi connectivity index (χ1) is 12.7. The lowest BCUT2D eigenvalue weighted by Crippen LogP contribution is -2.08. The van der Waals surface area contributed by atoms with Crippen LogP contribution in [0.15, 0.2) is 59.1 Å². The zero-order valence-corrected chi connectivity index (χ0v) is 14.9. The van der Waals surface area contributed by atoms with Crippen molar-refractivity contribution in [3.63, 3.8) is 0 Å². The molecular weight excluding hydrogens is 324 g/mol. The van der Waals surface area contributed by atoms with Crippen LogP contribution >= 0.6 is 0 Å². The van der Waals surface area contributed by atoms with E-state index in [0.29, 0.717) is 11.7 Å². The van der Waals surface area contributed by atoms with E-state index in [0.717, 1.165) is 40.8 Å². The van der Waals surface area contributed by atoms with Crippen LogP contribution in [0.3, 0.4) is 0 Å². The predicted octanol–water partition coefficient (Wildman–Crippen LogP) is 4.56. The number of rotatable bonds is 5. The zero-order chi connectivity index (χ0) is 17.9. The Balaban J connectivity index is 1.69. The summed E-state index contributed by atoms with van der Waals surface area (Å²) in [6.45, 7) is 4.64. The molecule has 130 valence electrons. The van der Waals surface area contributed by atoms with Gasteiger partial charge in [0.15, 0.2) is 0 Å². The van der Waals surface area contributed by atoms with Crippen molar-refractivity contribution in [3.8, 4) is 11.4 Å². The third-order valence-electron chi connectivity index (χ3n) is 4.36. The Labute approximate surface area is 152 Å². The SMILES string of the molecule is Cc1nc(-c2cc3cccc(C)c3nc2NCCc2ccccc2)no1. The van der Waals surface area contributed by atoms with Gasteiger partial charge < -0.3 is 9.84 Å². The van der Waals surface area contributed by atoms with Crippen molar-refractivity contribution in [2.75, 3.05) is 11.9 Å². The predicted molar refractivity (Wildman–Crippen MR) is 103 cm³/mol. The van der Waals surface area contributed by atoms with Gasteiger partial charge in [-0.1, -0.05) is 53.7 Å². The third-order valence-corrected chi connectivity index (χ3v) is 4.36. The van der Waals surface area contributed by atoms with Crippen molar-refractivity contribution < 1.29 is 4.52 Å². The molecule has 0 saturated heterocycles. The number of benzene rings is 2. The Morgan fingerprint density at radius 2 is 1.81 bits per heavy atom. The van der Waals surface area contributed by atoms with Gasteiger partial charge in [0, 0.05) is 18.9 Å². The van der Waals surface area contributed by atoms with E-state index in [-0.39, 0.29) is 0 Å². The van der Waals surface area contributed by atoms with Gasteiger partial charge in [0.2, 0.25) is 11.7 Å². The lowest BCUT2D eigenvalue weighted by Gasteiger charge is -2.12. The van der Waals surface area contributed by atoms with Crippen molar-refractivity contribution in [1.82, 2.24) is 15.1 Å². The Hall–Kier alpha value is -3.21. The third kappa shape index (κ3) is 3.28. The fourth-order valence-corrected chi connectivity index (χ4v) is 3.03. The lowest BCUT2D eigenvalue weighted by atomic mass is 10.1. The minimum absolute atomic E-state index is 0.541. The van der Waals surface area contributed by atoms with E-state index >= 15 is 0 Å². The molecule has 0 bridgehead atoms. The Morgan fingerprint density at radius 1 is 0.962 bits per heavy atom. The van der Waals surface area contributed by atoms with Crippen LogP contribution in [-0.4, -0.2) is 21.7 Å². The highest BCUT2D eigenvalue weighted by Crippen LogP contribution is 2.29. The number of nitrogens with one attached hydrogen (secondary N) is 1. The van der Waals surface area contributed by atoms with Gasteiger partial charge in [0.25, 0.3) is 0 Å². The second-order valence-electron chi connectivity index (χ2n) is 6.33. The van der Waals surface area contributed by atoms with Crippen molar-refractivity contribution in [1.29, 1.82) is 0 Å². The van der Waals surface area contributed by atoms with Crippen LogP contribution in [-0.2, 0) is 6.42 Å². The molecule has 0 aliphatic rings. The number of para-hydroxylation sites is 1. The van der Waals surface area contributed by atoms with E-state index in [4.69, 9.17) is 9.51 Å². The number of aromatic nitrogens is 3. The minimum Gasteiger partial charge on any atom is -0.369 e. The summed E-state index contributed by atoms with van der Waals surface area (Å²) >= 11 is 0. The fraction of sp³-hybridized carbons (Fsp3) is 0.190. The number of nitrogens with zero attached hydrogens (tertiary/aromatic N) is 3. The summed E-state index contributed by atoms with van der Waals surface area (Å²) in [5.41, 5.74) is 4.27.